The zero-order valence-electron chi connectivity index (χ0n) is 14.3. The summed E-state index contributed by atoms with van der Waals surface area (Å²) < 4.78 is 2.22. The third-order valence-electron chi connectivity index (χ3n) is 3.62. The lowest BCUT2D eigenvalue weighted by Crippen LogP contribution is -2.19. The summed E-state index contributed by atoms with van der Waals surface area (Å²) in [5.41, 5.74) is 3.08. The molecule has 10 heteroatoms. The van der Waals surface area contributed by atoms with Crippen molar-refractivity contribution in [3.8, 4) is 0 Å². The first kappa shape index (κ1) is 19.7. The van der Waals surface area contributed by atoms with Gasteiger partial charge in [0.2, 0.25) is 5.69 Å². The fraction of sp³-hybridized carbons (Fsp3) is 0.0556. The molecule has 0 radical (unpaired) electrons. The maximum Gasteiger partial charge on any atom is 0.320 e. The molecule has 0 aliphatic carbocycles. The Kier molecular flexibility index (Phi) is 6.17. The smallest absolute Gasteiger partial charge is 0.265 e. The standard InChI is InChI=1S/C18H13BrClN5O3/c19-14-5-1-4-13(7-14)10-24-11-16(25(27)28)17(23-24)18(26)22-21-9-12-3-2-6-15(20)8-12/h1-9,11H,10H2,(H,22,26). The first-order valence-corrected chi connectivity index (χ1v) is 9.15. The molecule has 2 aromatic carbocycles. The van der Waals surface area contributed by atoms with Crippen molar-refractivity contribution in [3.05, 3.63) is 91.2 Å². The molecular formula is C18H13BrClN5O3. The maximum absolute atomic E-state index is 12.3. The Bertz CT molecular complexity index is 1070. The number of amides is 1. The van der Waals surface area contributed by atoms with Crippen LogP contribution < -0.4 is 5.43 Å². The fourth-order valence-corrected chi connectivity index (χ4v) is 3.06. The fourth-order valence-electron chi connectivity index (χ4n) is 2.41. The van der Waals surface area contributed by atoms with Crippen molar-refractivity contribution >= 4 is 45.3 Å². The molecule has 28 heavy (non-hydrogen) atoms. The first-order chi connectivity index (χ1) is 13.4. The van der Waals surface area contributed by atoms with Gasteiger partial charge in [0.1, 0.15) is 6.20 Å². The predicted molar refractivity (Wildman–Crippen MR) is 109 cm³/mol. The number of rotatable bonds is 6. The molecule has 0 unspecified atom stereocenters. The Morgan fingerprint density at radius 2 is 2.11 bits per heavy atom. The van der Waals surface area contributed by atoms with Crippen LogP contribution in [0.4, 0.5) is 5.69 Å². The quantitative estimate of drug-likeness (QED) is 0.339. The van der Waals surface area contributed by atoms with Gasteiger partial charge >= 0.3 is 5.69 Å². The minimum absolute atomic E-state index is 0.277. The van der Waals surface area contributed by atoms with Crippen molar-refractivity contribution in [2.24, 2.45) is 5.10 Å². The number of carbonyl (C=O) groups excluding carboxylic acids is 1. The number of hydrogen-bond donors (Lipinski definition) is 1. The number of carbonyl (C=O) groups is 1. The Morgan fingerprint density at radius 1 is 1.32 bits per heavy atom. The van der Waals surface area contributed by atoms with Gasteiger partial charge in [0.25, 0.3) is 5.91 Å². The summed E-state index contributed by atoms with van der Waals surface area (Å²) in [6.45, 7) is 0.277. The Morgan fingerprint density at radius 3 is 2.82 bits per heavy atom. The number of nitrogens with one attached hydrogen (secondary N) is 1. The molecule has 0 saturated carbocycles. The van der Waals surface area contributed by atoms with Crippen LogP contribution in [-0.4, -0.2) is 26.8 Å². The summed E-state index contributed by atoms with van der Waals surface area (Å²) in [5, 5.41) is 19.7. The van der Waals surface area contributed by atoms with Gasteiger partial charge in [0, 0.05) is 9.50 Å². The van der Waals surface area contributed by atoms with Crippen molar-refractivity contribution in [1.82, 2.24) is 15.2 Å². The highest BCUT2D eigenvalue weighted by Crippen LogP contribution is 2.19. The Labute approximate surface area is 173 Å². The van der Waals surface area contributed by atoms with E-state index in [4.69, 9.17) is 11.6 Å². The molecule has 0 aliphatic rings. The molecule has 0 saturated heterocycles. The van der Waals surface area contributed by atoms with Gasteiger partial charge in [-0.2, -0.15) is 10.2 Å². The Hall–Kier alpha value is -3.04. The zero-order valence-corrected chi connectivity index (χ0v) is 16.6. The van der Waals surface area contributed by atoms with Crippen molar-refractivity contribution in [2.75, 3.05) is 0 Å². The van der Waals surface area contributed by atoms with Gasteiger partial charge < -0.3 is 0 Å². The van der Waals surface area contributed by atoms with Crippen LogP contribution in [0, 0.1) is 10.1 Å². The maximum atomic E-state index is 12.3. The number of benzene rings is 2. The minimum Gasteiger partial charge on any atom is -0.265 e. The van der Waals surface area contributed by atoms with Gasteiger partial charge in [0.15, 0.2) is 0 Å². The van der Waals surface area contributed by atoms with E-state index in [0.717, 1.165) is 10.0 Å². The highest BCUT2D eigenvalue weighted by Gasteiger charge is 2.25. The van der Waals surface area contributed by atoms with E-state index in [9.17, 15) is 14.9 Å². The molecule has 1 aromatic heterocycles. The minimum atomic E-state index is -0.780. The summed E-state index contributed by atoms with van der Waals surface area (Å²) in [5.74, 6) is -0.780. The summed E-state index contributed by atoms with van der Waals surface area (Å²) in [6, 6.07) is 14.3. The largest absolute Gasteiger partial charge is 0.320 e. The van der Waals surface area contributed by atoms with Crippen LogP contribution in [0.25, 0.3) is 0 Å². The second kappa shape index (κ2) is 8.77. The highest BCUT2D eigenvalue weighted by molar-refractivity contribution is 9.10. The van der Waals surface area contributed by atoms with Gasteiger partial charge in [-0.25, -0.2) is 5.43 Å². The van der Waals surface area contributed by atoms with E-state index in [0.29, 0.717) is 10.6 Å². The van der Waals surface area contributed by atoms with Gasteiger partial charge in [-0.05, 0) is 35.4 Å². The highest BCUT2D eigenvalue weighted by atomic mass is 79.9. The molecule has 142 valence electrons. The number of nitrogens with zero attached hydrogens (tertiary/aromatic N) is 4. The van der Waals surface area contributed by atoms with Gasteiger partial charge in [-0.15, -0.1) is 0 Å². The Balaban J connectivity index is 1.77. The molecule has 3 rings (SSSR count). The molecule has 1 N–H and O–H groups in total. The van der Waals surface area contributed by atoms with Crippen molar-refractivity contribution in [1.29, 1.82) is 0 Å². The average molecular weight is 463 g/mol. The monoisotopic (exact) mass is 461 g/mol. The summed E-state index contributed by atoms with van der Waals surface area (Å²) in [6.07, 6.45) is 2.60. The molecule has 8 nitrogen and oxygen atoms in total. The number of halogens is 2. The molecule has 3 aromatic rings. The van der Waals surface area contributed by atoms with Gasteiger partial charge in [-0.3, -0.25) is 19.6 Å². The van der Waals surface area contributed by atoms with E-state index in [1.807, 2.05) is 24.3 Å². The van der Waals surface area contributed by atoms with Crippen LogP contribution in [0.5, 0.6) is 0 Å². The van der Waals surface area contributed by atoms with Gasteiger partial charge in [-0.1, -0.05) is 51.8 Å². The third kappa shape index (κ3) is 5.02. The normalized spacial score (nSPS) is 10.9. The molecular weight excluding hydrogens is 450 g/mol. The molecule has 0 spiro atoms. The van der Waals surface area contributed by atoms with Gasteiger partial charge in [0.05, 0.1) is 17.7 Å². The number of aromatic nitrogens is 2. The second-order valence-corrected chi connectivity index (χ2v) is 7.05. The van der Waals surface area contributed by atoms with Crippen LogP contribution in [0.2, 0.25) is 5.02 Å². The van der Waals surface area contributed by atoms with Crippen LogP contribution in [0.1, 0.15) is 21.6 Å². The van der Waals surface area contributed by atoms with E-state index < -0.39 is 16.5 Å². The number of hydrazone groups is 1. The van der Waals surface area contributed by atoms with E-state index in [-0.39, 0.29) is 12.2 Å². The van der Waals surface area contributed by atoms with Crippen molar-refractivity contribution in [3.63, 3.8) is 0 Å². The van der Waals surface area contributed by atoms with Crippen molar-refractivity contribution < 1.29 is 9.72 Å². The van der Waals surface area contributed by atoms with Crippen molar-refractivity contribution in [2.45, 2.75) is 6.54 Å². The lowest BCUT2D eigenvalue weighted by Gasteiger charge is -2.01. The summed E-state index contributed by atoms with van der Waals surface area (Å²) in [7, 11) is 0. The lowest BCUT2D eigenvalue weighted by molar-refractivity contribution is -0.385. The van der Waals surface area contributed by atoms with E-state index in [1.54, 1.807) is 24.3 Å². The zero-order chi connectivity index (χ0) is 20.1. The average Bonchev–Trinajstić information content (AvgIpc) is 3.06. The van der Waals surface area contributed by atoms with Crippen LogP contribution in [0.3, 0.4) is 0 Å². The van der Waals surface area contributed by atoms with E-state index in [1.165, 1.54) is 17.1 Å². The SMILES string of the molecule is O=C(NN=Cc1cccc(Cl)c1)c1nn(Cc2cccc(Br)c2)cc1[N+](=O)[O-]. The number of nitro groups is 1. The summed E-state index contributed by atoms with van der Waals surface area (Å²) in [4.78, 5) is 22.9. The van der Waals surface area contributed by atoms with Crippen LogP contribution in [0.15, 0.2) is 64.3 Å². The van der Waals surface area contributed by atoms with Crippen LogP contribution >= 0.6 is 27.5 Å². The second-order valence-electron chi connectivity index (χ2n) is 5.70. The van der Waals surface area contributed by atoms with Crippen LogP contribution in [-0.2, 0) is 6.54 Å². The van der Waals surface area contributed by atoms with E-state index >= 15 is 0 Å². The molecule has 0 fully saturated rings. The molecule has 0 bridgehead atoms. The molecule has 1 heterocycles. The lowest BCUT2D eigenvalue weighted by atomic mass is 10.2. The topological polar surface area (TPSA) is 102 Å². The summed E-state index contributed by atoms with van der Waals surface area (Å²) >= 11 is 9.24. The number of hydrogen-bond acceptors (Lipinski definition) is 5. The third-order valence-corrected chi connectivity index (χ3v) is 4.34. The first-order valence-electron chi connectivity index (χ1n) is 7.97. The molecule has 0 aliphatic heterocycles. The molecule has 1 amide bonds. The molecule has 0 atom stereocenters. The predicted octanol–water partition coefficient (Wildman–Crippen LogP) is 4.02. The van der Waals surface area contributed by atoms with E-state index in [2.05, 4.69) is 31.6 Å².